The smallest absolute Gasteiger partial charge is 0.252 e. The van der Waals surface area contributed by atoms with E-state index < -0.39 is 10.0 Å². The Morgan fingerprint density at radius 1 is 0.844 bits per heavy atom. The molecule has 0 bridgehead atoms. The van der Waals surface area contributed by atoms with E-state index in [-0.39, 0.29) is 16.8 Å². The van der Waals surface area contributed by atoms with Gasteiger partial charge in [0.2, 0.25) is 10.0 Å². The fourth-order valence-corrected chi connectivity index (χ4v) is 5.66. The maximum Gasteiger partial charge on any atom is 0.252 e. The van der Waals surface area contributed by atoms with Gasteiger partial charge < -0.3 is 5.32 Å². The highest BCUT2D eigenvalue weighted by Crippen LogP contribution is 2.25. The largest absolute Gasteiger partial charge is 0.341 e. The summed E-state index contributed by atoms with van der Waals surface area (Å²) in [5.41, 5.74) is 3.03. The molecular formula is C26H28N2O3S. The summed E-state index contributed by atoms with van der Waals surface area (Å²) in [5.74, 6) is -0.295. The third-order valence-electron chi connectivity index (χ3n) is 5.95. The molecule has 32 heavy (non-hydrogen) atoms. The van der Waals surface area contributed by atoms with Gasteiger partial charge in [0.1, 0.15) is 0 Å². The lowest BCUT2D eigenvalue weighted by molar-refractivity contribution is 0.0942. The highest BCUT2D eigenvalue weighted by molar-refractivity contribution is 7.89. The number of hydrogen-bond donors (Lipinski definition) is 1. The number of rotatable bonds is 6. The highest BCUT2D eigenvalue weighted by atomic mass is 32.2. The topological polar surface area (TPSA) is 66.5 Å². The number of piperidine rings is 1. The number of aryl methyl sites for hydroxylation is 1. The van der Waals surface area contributed by atoms with Crippen LogP contribution in [0.5, 0.6) is 0 Å². The van der Waals surface area contributed by atoms with Crippen LogP contribution in [-0.2, 0) is 10.0 Å². The normalized spacial score (nSPS) is 14.9. The summed E-state index contributed by atoms with van der Waals surface area (Å²) in [6.45, 7) is 2.88. The number of nitrogens with zero attached hydrogens (tertiary/aromatic N) is 1. The number of hydrogen-bond acceptors (Lipinski definition) is 3. The van der Waals surface area contributed by atoms with Crippen molar-refractivity contribution in [2.75, 3.05) is 13.1 Å². The minimum Gasteiger partial charge on any atom is -0.341 e. The first-order valence-electron chi connectivity index (χ1n) is 11.0. The Bertz CT molecular complexity index is 1130. The predicted octanol–water partition coefficient (Wildman–Crippen LogP) is 4.69. The Morgan fingerprint density at radius 3 is 1.97 bits per heavy atom. The van der Waals surface area contributed by atoms with Gasteiger partial charge in [-0.05, 0) is 48.6 Å². The lowest BCUT2D eigenvalue weighted by Gasteiger charge is -2.26. The van der Waals surface area contributed by atoms with Crippen molar-refractivity contribution in [3.63, 3.8) is 0 Å². The van der Waals surface area contributed by atoms with E-state index in [2.05, 4.69) is 5.32 Å². The summed E-state index contributed by atoms with van der Waals surface area (Å²) in [6.07, 6.45) is 2.79. The minimum absolute atomic E-state index is 0.172. The Balaban J connectivity index is 1.65. The van der Waals surface area contributed by atoms with E-state index in [1.54, 1.807) is 12.1 Å². The summed E-state index contributed by atoms with van der Waals surface area (Å²) in [6, 6.07) is 24.0. The lowest BCUT2D eigenvalue weighted by atomic mass is 9.98. The Labute approximate surface area is 190 Å². The molecule has 1 N–H and O–H groups in total. The average molecular weight is 449 g/mol. The number of sulfonamides is 1. The molecule has 5 nitrogen and oxygen atoms in total. The predicted molar refractivity (Wildman–Crippen MR) is 126 cm³/mol. The molecule has 1 aliphatic rings. The van der Waals surface area contributed by atoms with Crippen LogP contribution in [0.25, 0.3) is 0 Å². The number of amides is 1. The Morgan fingerprint density at radius 2 is 1.41 bits per heavy atom. The van der Waals surface area contributed by atoms with Gasteiger partial charge in [0.05, 0.1) is 10.9 Å². The van der Waals surface area contributed by atoms with Crippen LogP contribution in [0.15, 0.2) is 83.8 Å². The third-order valence-corrected chi connectivity index (χ3v) is 7.84. The SMILES string of the molecule is Cc1ccc(S(=O)(=O)N2CCCCC2)cc1C(=O)NC(c1ccccc1)c1ccccc1. The molecule has 0 radical (unpaired) electrons. The van der Waals surface area contributed by atoms with E-state index in [4.69, 9.17) is 0 Å². The van der Waals surface area contributed by atoms with Crippen LogP contribution in [0.2, 0.25) is 0 Å². The molecule has 0 unspecified atom stereocenters. The molecule has 1 saturated heterocycles. The van der Waals surface area contributed by atoms with E-state index >= 15 is 0 Å². The number of carbonyl (C=O) groups is 1. The maximum absolute atomic E-state index is 13.4. The van der Waals surface area contributed by atoms with Gasteiger partial charge in [-0.25, -0.2) is 8.42 Å². The zero-order chi connectivity index (χ0) is 22.6. The molecule has 0 aromatic heterocycles. The van der Waals surface area contributed by atoms with Crippen molar-refractivity contribution in [2.24, 2.45) is 0 Å². The maximum atomic E-state index is 13.4. The second-order valence-corrected chi connectivity index (χ2v) is 10.1. The van der Waals surface area contributed by atoms with Crippen molar-refractivity contribution in [1.29, 1.82) is 0 Å². The van der Waals surface area contributed by atoms with Crippen molar-refractivity contribution >= 4 is 15.9 Å². The first-order chi connectivity index (χ1) is 15.5. The van der Waals surface area contributed by atoms with Crippen molar-refractivity contribution in [2.45, 2.75) is 37.1 Å². The van der Waals surface area contributed by atoms with Crippen LogP contribution >= 0.6 is 0 Å². The summed E-state index contributed by atoms with van der Waals surface area (Å²) in [7, 11) is -3.61. The van der Waals surface area contributed by atoms with Crippen LogP contribution in [0.1, 0.15) is 52.4 Å². The van der Waals surface area contributed by atoms with Gasteiger partial charge in [-0.15, -0.1) is 0 Å². The van der Waals surface area contributed by atoms with E-state index in [0.29, 0.717) is 18.7 Å². The fourth-order valence-electron chi connectivity index (χ4n) is 4.12. The molecule has 1 amide bonds. The summed E-state index contributed by atoms with van der Waals surface area (Å²) >= 11 is 0. The van der Waals surface area contributed by atoms with Crippen LogP contribution in [0, 0.1) is 6.92 Å². The van der Waals surface area contributed by atoms with Gasteiger partial charge in [-0.2, -0.15) is 4.31 Å². The second kappa shape index (κ2) is 9.67. The molecule has 0 atom stereocenters. The Kier molecular flexibility index (Phi) is 6.72. The molecule has 1 fully saturated rings. The number of nitrogens with one attached hydrogen (secondary N) is 1. The van der Waals surface area contributed by atoms with Gasteiger partial charge in [0, 0.05) is 18.7 Å². The molecule has 166 valence electrons. The second-order valence-electron chi connectivity index (χ2n) is 8.17. The Hall–Kier alpha value is -2.96. The van der Waals surface area contributed by atoms with E-state index in [0.717, 1.165) is 36.0 Å². The van der Waals surface area contributed by atoms with Gasteiger partial charge in [0.15, 0.2) is 0 Å². The van der Waals surface area contributed by atoms with Crippen LogP contribution in [0.4, 0.5) is 0 Å². The average Bonchev–Trinajstić information content (AvgIpc) is 2.84. The van der Waals surface area contributed by atoms with Gasteiger partial charge in [0.25, 0.3) is 5.91 Å². The standard InChI is InChI=1S/C26H28N2O3S/c1-20-15-16-23(32(30,31)28-17-9-4-10-18-28)19-24(20)26(29)27-25(21-11-5-2-6-12-21)22-13-7-3-8-14-22/h2-3,5-8,11-16,19,25H,4,9-10,17-18H2,1H3,(H,27,29). The van der Waals surface area contributed by atoms with Crippen molar-refractivity contribution < 1.29 is 13.2 Å². The minimum atomic E-state index is -3.61. The monoisotopic (exact) mass is 448 g/mol. The molecule has 4 rings (SSSR count). The molecule has 3 aromatic rings. The summed E-state index contributed by atoms with van der Waals surface area (Å²) in [5, 5.41) is 3.12. The van der Waals surface area contributed by atoms with Crippen LogP contribution in [-0.4, -0.2) is 31.7 Å². The molecule has 1 heterocycles. The van der Waals surface area contributed by atoms with E-state index in [1.807, 2.05) is 67.6 Å². The van der Waals surface area contributed by atoms with E-state index in [9.17, 15) is 13.2 Å². The molecule has 3 aromatic carbocycles. The molecule has 0 spiro atoms. The fraction of sp³-hybridized carbons (Fsp3) is 0.269. The van der Waals surface area contributed by atoms with Crippen molar-refractivity contribution in [3.8, 4) is 0 Å². The lowest BCUT2D eigenvalue weighted by Crippen LogP contribution is -2.36. The molecule has 0 aliphatic carbocycles. The van der Waals surface area contributed by atoms with Gasteiger partial charge in [-0.3, -0.25) is 4.79 Å². The molecular weight excluding hydrogens is 420 g/mol. The first kappa shape index (κ1) is 22.2. The molecule has 0 saturated carbocycles. The number of benzene rings is 3. The van der Waals surface area contributed by atoms with Crippen LogP contribution < -0.4 is 5.32 Å². The highest BCUT2D eigenvalue weighted by Gasteiger charge is 2.27. The van der Waals surface area contributed by atoms with Crippen molar-refractivity contribution in [3.05, 3.63) is 101 Å². The quantitative estimate of drug-likeness (QED) is 0.595. The summed E-state index contributed by atoms with van der Waals surface area (Å²) < 4.78 is 27.8. The van der Waals surface area contributed by atoms with Crippen LogP contribution in [0.3, 0.4) is 0 Å². The van der Waals surface area contributed by atoms with Crippen molar-refractivity contribution in [1.82, 2.24) is 9.62 Å². The van der Waals surface area contributed by atoms with Gasteiger partial charge in [-0.1, -0.05) is 73.2 Å². The summed E-state index contributed by atoms with van der Waals surface area (Å²) in [4.78, 5) is 13.5. The molecule has 6 heteroatoms. The van der Waals surface area contributed by atoms with E-state index in [1.165, 1.54) is 10.4 Å². The zero-order valence-electron chi connectivity index (χ0n) is 18.2. The third kappa shape index (κ3) is 4.76. The number of carbonyl (C=O) groups excluding carboxylic acids is 1. The van der Waals surface area contributed by atoms with Gasteiger partial charge >= 0.3 is 0 Å². The first-order valence-corrected chi connectivity index (χ1v) is 12.4. The molecule has 1 aliphatic heterocycles. The zero-order valence-corrected chi connectivity index (χ0v) is 19.0.